The molecule has 1 N–H and O–H groups in total. The number of nitriles is 1. The summed E-state index contributed by atoms with van der Waals surface area (Å²) in [7, 11) is -3.50. The Hall–Kier alpha value is -1.87. The monoisotopic (exact) mass is 266 g/mol. The van der Waals surface area contributed by atoms with E-state index in [0.717, 1.165) is 0 Å². The van der Waals surface area contributed by atoms with E-state index < -0.39 is 21.5 Å². The van der Waals surface area contributed by atoms with E-state index in [4.69, 9.17) is 5.26 Å². The van der Waals surface area contributed by atoms with Crippen LogP contribution in [-0.2, 0) is 20.4 Å². The number of amides is 1. The van der Waals surface area contributed by atoms with Crippen LogP contribution in [0.1, 0.15) is 18.1 Å². The third-order valence-electron chi connectivity index (χ3n) is 2.17. The van der Waals surface area contributed by atoms with Crippen molar-refractivity contribution < 1.29 is 13.2 Å². The van der Waals surface area contributed by atoms with Crippen molar-refractivity contribution in [2.75, 3.05) is 12.3 Å². The van der Waals surface area contributed by atoms with Crippen LogP contribution >= 0.6 is 0 Å². The van der Waals surface area contributed by atoms with E-state index in [1.54, 1.807) is 25.1 Å². The Balaban J connectivity index is 2.77. The Morgan fingerprint density at radius 2 is 2.17 bits per heavy atom. The lowest BCUT2D eigenvalue weighted by Gasteiger charge is -2.05. The van der Waals surface area contributed by atoms with E-state index in [-0.39, 0.29) is 5.75 Å². The number of nitrogens with zero attached hydrogens (tertiary/aromatic N) is 1. The van der Waals surface area contributed by atoms with Crippen molar-refractivity contribution in [3.05, 3.63) is 35.4 Å². The summed E-state index contributed by atoms with van der Waals surface area (Å²) in [4.78, 5) is 11.2. The molecule has 6 heteroatoms. The second kappa shape index (κ2) is 6.17. The van der Waals surface area contributed by atoms with Gasteiger partial charge in [-0.25, -0.2) is 8.42 Å². The first-order chi connectivity index (χ1) is 8.46. The number of sulfone groups is 1. The largest absolute Gasteiger partial charge is 0.356 e. The standard InChI is InChI=1S/C12H14N2O3S/c1-2-14-12(15)9-18(16,17)8-11-5-3-4-10(6-11)7-13/h3-6H,2,8-9H2,1H3,(H,14,15). The highest BCUT2D eigenvalue weighted by Crippen LogP contribution is 2.09. The zero-order chi connectivity index (χ0) is 13.6. The minimum atomic E-state index is -3.50. The molecule has 1 rings (SSSR count). The molecule has 0 aliphatic heterocycles. The molecular formula is C12H14N2O3S. The van der Waals surface area contributed by atoms with Gasteiger partial charge in [-0.3, -0.25) is 4.79 Å². The molecule has 0 fully saturated rings. The van der Waals surface area contributed by atoms with Crippen LogP contribution in [0.25, 0.3) is 0 Å². The van der Waals surface area contributed by atoms with Crippen molar-refractivity contribution in [2.24, 2.45) is 0 Å². The molecule has 5 nitrogen and oxygen atoms in total. The van der Waals surface area contributed by atoms with E-state index >= 15 is 0 Å². The molecule has 0 aliphatic rings. The van der Waals surface area contributed by atoms with E-state index in [2.05, 4.69) is 5.32 Å². The lowest BCUT2D eigenvalue weighted by molar-refractivity contribution is -0.118. The zero-order valence-corrected chi connectivity index (χ0v) is 10.8. The molecule has 0 radical (unpaired) electrons. The van der Waals surface area contributed by atoms with Gasteiger partial charge in [0.2, 0.25) is 5.91 Å². The predicted molar refractivity (Wildman–Crippen MR) is 67.3 cm³/mol. The maximum absolute atomic E-state index is 11.7. The SMILES string of the molecule is CCNC(=O)CS(=O)(=O)Cc1cccc(C#N)c1. The second-order valence-corrected chi connectivity index (χ2v) is 5.86. The molecule has 0 aliphatic carbocycles. The van der Waals surface area contributed by atoms with Crippen molar-refractivity contribution >= 4 is 15.7 Å². The van der Waals surface area contributed by atoms with Crippen molar-refractivity contribution in [3.8, 4) is 6.07 Å². The molecule has 0 saturated heterocycles. The van der Waals surface area contributed by atoms with Gasteiger partial charge in [-0.2, -0.15) is 5.26 Å². The van der Waals surface area contributed by atoms with Crippen LogP contribution in [0, 0.1) is 11.3 Å². The van der Waals surface area contributed by atoms with Gasteiger partial charge in [0.1, 0.15) is 5.75 Å². The quantitative estimate of drug-likeness (QED) is 0.845. The lowest BCUT2D eigenvalue weighted by Crippen LogP contribution is -2.30. The topological polar surface area (TPSA) is 87.0 Å². The third-order valence-corrected chi connectivity index (χ3v) is 3.64. The van der Waals surface area contributed by atoms with Crippen LogP contribution in [0.2, 0.25) is 0 Å². The average Bonchev–Trinajstić information content (AvgIpc) is 2.28. The van der Waals surface area contributed by atoms with Crippen LogP contribution in [0.3, 0.4) is 0 Å². The number of carbonyl (C=O) groups excluding carboxylic acids is 1. The van der Waals surface area contributed by atoms with Crippen LogP contribution in [0.4, 0.5) is 0 Å². The average molecular weight is 266 g/mol. The maximum Gasteiger partial charge on any atom is 0.235 e. The summed E-state index contributed by atoms with van der Waals surface area (Å²) in [6, 6.07) is 8.29. The number of hydrogen-bond acceptors (Lipinski definition) is 4. The van der Waals surface area contributed by atoms with Crippen LogP contribution in [-0.4, -0.2) is 26.6 Å². The molecule has 0 saturated carbocycles. The fourth-order valence-corrected chi connectivity index (χ4v) is 2.77. The summed E-state index contributed by atoms with van der Waals surface area (Å²) >= 11 is 0. The summed E-state index contributed by atoms with van der Waals surface area (Å²) < 4.78 is 23.5. The Labute approximate surface area is 106 Å². The van der Waals surface area contributed by atoms with Crippen molar-refractivity contribution in [2.45, 2.75) is 12.7 Å². The summed E-state index contributed by atoms with van der Waals surface area (Å²) in [5, 5.41) is 11.2. The summed E-state index contributed by atoms with van der Waals surface area (Å²) in [5.41, 5.74) is 0.916. The number of nitrogens with one attached hydrogen (secondary N) is 1. The molecule has 18 heavy (non-hydrogen) atoms. The first-order valence-corrected chi connectivity index (χ1v) is 7.25. The van der Waals surface area contributed by atoms with Gasteiger partial charge in [-0.15, -0.1) is 0 Å². The molecule has 1 aromatic carbocycles. The van der Waals surface area contributed by atoms with Crippen molar-refractivity contribution in [3.63, 3.8) is 0 Å². The molecule has 0 spiro atoms. The third kappa shape index (κ3) is 4.55. The first kappa shape index (κ1) is 14.2. The fourth-order valence-electron chi connectivity index (χ4n) is 1.48. The highest BCUT2D eigenvalue weighted by molar-refractivity contribution is 7.91. The molecule has 96 valence electrons. The fraction of sp³-hybridized carbons (Fsp3) is 0.333. The van der Waals surface area contributed by atoms with E-state index in [9.17, 15) is 13.2 Å². The highest BCUT2D eigenvalue weighted by atomic mass is 32.2. The van der Waals surface area contributed by atoms with Gasteiger partial charge in [0.25, 0.3) is 0 Å². The Kier molecular flexibility index (Phi) is 4.86. The van der Waals surface area contributed by atoms with Gasteiger partial charge in [-0.05, 0) is 24.6 Å². The normalized spacial score (nSPS) is 10.7. The molecular weight excluding hydrogens is 252 g/mol. The Bertz CT molecular complexity index is 573. The minimum Gasteiger partial charge on any atom is -0.356 e. The van der Waals surface area contributed by atoms with E-state index in [1.165, 1.54) is 6.07 Å². The molecule has 1 aromatic rings. The molecule has 0 aromatic heterocycles. The van der Waals surface area contributed by atoms with Crippen molar-refractivity contribution in [1.29, 1.82) is 5.26 Å². The molecule has 0 unspecified atom stereocenters. The van der Waals surface area contributed by atoms with Gasteiger partial charge < -0.3 is 5.32 Å². The van der Waals surface area contributed by atoms with E-state index in [1.807, 2.05) is 6.07 Å². The second-order valence-electron chi connectivity index (χ2n) is 3.80. The van der Waals surface area contributed by atoms with Crippen LogP contribution in [0.5, 0.6) is 0 Å². The number of benzene rings is 1. The van der Waals surface area contributed by atoms with Gasteiger partial charge in [-0.1, -0.05) is 12.1 Å². The van der Waals surface area contributed by atoms with Gasteiger partial charge >= 0.3 is 0 Å². The van der Waals surface area contributed by atoms with Crippen molar-refractivity contribution in [1.82, 2.24) is 5.32 Å². The molecule has 1 amide bonds. The number of carbonyl (C=O) groups is 1. The van der Waals surface area contributed by atoms with Crippen LogP contribution < -0.4 is 5.32 Å². The summed E-state index contributed by atoms with van der Waals surface area (Å²) in [6.07, 6.45) is 0. The first-order valence-electron chi connectivity index (χ1n) is 5.43. The van der Waals surface area contributed by atoms with Gasteiger partial charge in [0.15, 0.2) is 9.84 Å². The molecule has 0 bridgehead atoms. The highest BCUT2D eigenvalue weighted by Gasteiger charge is 2.17. The van der Waals surface area contributed by atoms with Gasteiger partial charge in [0, 0.05) is 6.54 Å². The lowest BCUT2D eigenvalue weighted by atomic mass is 10.2. The predicted octanol–water partition coefficient (Wildman–Crippen LogP) is 0.609. The smallest absolute Gasteiger partial charge is 0.235 e. The van der Waals surface area contributed by atoms with E-state index in [0.29, 0.717) is 17.7 Å². The molecule has 0 heterocycles. The maximum atomic E-state index is 11.7. The summed E-state index contributed by atoms with van der Waals surface area (Å²) in [5.74, 6) is -1.27. The molecule has 0 atom stereocenters. The Morgan fingerprint density at radius 3 is 2.78 bits per heavy atom. The Morgan fingerprint density at radius 1 is 1.44 bits per heavy atom. The summed E-state index contributed by atoms with van der Waals surface area (Å²) in [6.45, 7) is 2.12. The number of hydrogen-bond donors (Lipinski definition) is 1. The minimum absolute atomic E-state index is 0.236. The number of rotatable bonds is 5. The zero-order valence-electron chi connectivity index (χ0n) is 10.0. The van der Waals surface area contributed by atoms with Gasteiger partial charge in [0.05, 0.1) is 17.4 Å². The van der Waals surface area contributed by atoms with Crippen LogP contribution in [0.15, 0.2) is 24.3 Å².